The first kappa shape index (κ1) is 15.4. The second kappa shape index (κ2) is 6.62. The van der Waals surface area contributed by atoms with E-state index in [4.69, 9.17) is 0 Å². The molecule has 1 fully saturated rings. The highest BCUT2D eigenvalue weighted by Gasteiger charge is 2.27. The zero-order valence-electron chi connectivity index (χ0n) is 13.6. The third kappa shape index (κ3) is 3.76. The van der Waals surface area contributed by atoms with Gasteiger partial charge in [-0.2, -0.15) is 0 Å². The minimum absolute atomic E-state index is 0.427. The Morgan fingerprint density at radius 1 is 1.30 bits per heavy atom. The van der Waals surface area contributed by atoms with E-state index in [1.165, 1.54) is 43.6 Å². The lowest BCUT2D eigenvalue weighted by Crippen LogP contribution is -2.40. The van der Waals surface area contributed by atoms with Crippen LogP contribution < -0.4 is 10.2 Å². The summed E-state index contributed by atoms with van der Waals surface area (Å²) in [5, 5.41) is 3.62. The largest absolute Gasteiger partial charge is 0.371 e. The van der Waals surface area contributed by atoms with E-state index >= 15 is 0 Å². The number of hydrogen-bond acceptors (Lipinski definition) is 2. The molecular weight excluding hydrogens is 244 g/mol. The fourth-order valence-corrected chi connectivity index (χ4v) is 3.24. The molecule has 2 heteroatoms. The van der Waals surface area contributed by atoms with E-state index < -0.39 is 0 Å². The van der Waals surface area contributed by atoms with Crippen molar-refractivity contribution in [3.8, 4) is 0 Å². The van der Waals surface area contributed by atoms with Gasteiger partial charge in [-0.1, -0.05) is 39.0 Å². The Labute approximate surface area is 124 Å². The first-order valence-electron chi connectivity index (χ1n) is 8.11. The van der Waals surface area contributed by atoms with Crippen LogP contribution in [0.15, 0.2) is 24.3 Å². The van der Waals surface area contributed by atoms with Crippen molar-refractivity contribution in [1.82, 2.24) is 5.32 Å². The monoisotopic (exact) mass is 274 g/mol. The molecule has 0 aliphatic carbocycles. The standard InChI is InChI=1S/C18H30N2/c1-5-12-19-15(2)16-9-6-7-10-17(16)20-13-8-11-18(3,4)14-20/h6-7,9-10,15,19H,5,8,11-14H2,1-4H3. The number of nitrogens with one attached hydrogen (secondary N) is 1. The SMILES string of the molecule is CCCNC(C)c1ccccc1N1CCCC(C)(C)C1. The van der Waals surface area contributed by atoms with Crippen molar-refractivity contribution < 1.29 is 0 Å². The Hall–Kier alpha value is -1.02. The Kier molecular flexibility index (Phi) is 5.09. The molecule has 1 aromatic rings. The normalized spacial score (nSPS) is 19.9. The third-order valence-electron chi connectivity index (χ3n) is 4.34. The van der Waals surface area contributed by atoms with Crippen LogP contribution in [0.2, 0.25) is 0 Å². The Morgan fingerprint density at radius 2 is 2.05 bits per heavy atom. The number of anilines is 1. The Bertz CT molecular complexity index is 425. The quantitative estimate of drug-likeness (QED) is 0.857. The molecule has 0 aromatic heterocycles. The average molecular weight is 274 g/mol. The van der Waals surface area contributed by atoms with Crippen LogP contribution in [0, 0.1) is 5.41 Å². The number of rotatable bonds is 5. The van der Waals surface area contributed by atoms with Gasteiger partial charge < -0.3 is 10.2 Å². The van der Waals surface area contributed by atoms with Gasteiger partial charge in [-0.15, -0.1) is 0 Å². The summed E-state index contributed by atoms with van der Waals surface area (Å²) in [5.41, 5.74) is 3.31. The van der Waals surface area contributed by atoms with Gasteiger partial charge >= 0.3 is 0 Å². The number of piperidine rings is 1. The van der Waals surface area contributed by atoms with Gasteiger partial charge in [0, 0.05) is 24.8 Å². The van der Waals surface area contributed by atoms with Crippen LogP contribution in [0.3, 0.4) is 0 Å². The second-order valence-corrected chi connectivity index (χ2v) is 6.92. The van der Waals surface area contributed by atoms with Gasteiger partial charge in [0.15, 0.2) is 0 Å². The van der Waals surface area contributed by atoms with E-state index in [2.05, 4.69) is 62.2 Å². The highest BCUT2D eigenvalue weighted by Crippen LogP contribution is 2.34. The highest BCUT2D eigenvalue weighted by molar-refractivity contribution is 5.55. The molecule has 0 spiro atoms. The summed E-state index contributed by atoms with van der Waals surface area (Å²) in [6.45, 7) is 12.7. The molecule has 112 valence electrons. The summed E-state index contributed by atoms with van der Waals surface area (Å²) in [4.78, 5) is 2.59. The van der Waals surface area contributed by atoms with Crippen molar-refractivity contribution >= 4 is 5.69 Å². The number of nitrogens with zero attached hydrogens (tertiary/aromatic N) is 1. The molecule has 1 aliphatic heterocycles. The summed E-state index contributed by atoms with van der Waals surface area (Å²) >= 11 is 0. The van der Waals surface area contributed by atoms with E-state index in [9.17, 15) is 0 Å². The minimum Gasteiger partial charge on any atom is -0.371 e. The third-order valence-corrected chi connectivity index (χ3v) is 4.34. The van der Waals surface area contributed by atoms with Crippen molar-refractivity contribution in [3.63, 3.8) is 0 Å². The number of para-hydroxylation sites is 1. The van der Waals surface area contributed by atoms with Crippen molar-refractivity contribution in [2.75, 3.05) is 24.5 Å². The molecule has 20 heavy (non-hydrogen) atoms. The molecule has 1 saturated heterocycles. The minimum atomic E-state index is 0.427. The number of hydrogen-bond donors (Lipinski definition) is 1. The molecule has 2 nitrogen and oxygen atoms in total. The highest BCUT2D eigenvalue weighted by atomic mass is 15.1. The fraction of sp³-hybridized carbons (Fsp3) is 0.667. The zero-order valence-corrected chi connectivity index (χ0v) is 13.6. The Morgan fingerprint density at radius 3 is 2.75 bits per heavy atom. The number of benzene rings is 1. The lowest BCUT2D eigenvalue weighted by atomic mass is 9.83. The van der Waals surface area contributed by atoms with Crippen LogP contribution in [0.4, 0.5) is 5.69 Å². The van der Waals surface area contributed by atoms with Crippen LogP contribution >= 0.6 is 0 Å². The van der Waals surface area contributed by atoms with Gasteiger partial charge in [-0.05, 0) is 49.8 Å². The zero-order chi connectivity index (χ0) is 14.6. The maximum atomic E-state index is 3.62. The molecule has 1 aliphatic rings. The van der Waals surface area contributed by atoms with Gasteiger partial charge in [0.1, 0.15) is 0 Å². The van der Waals surface area contributed by atoms with E-state index in [-0.39, 0.29) is 0 Å². The van der Waals surface area contributed by atoms with Crippen molar-refractivity contribution in [2.45, 2.75) is 53.0 Å². The van der Waals surface area contributed by atoms with Gasteiger partial charge in [-0.25, -0.2) is 0 Å². The van der Waals surface area contributed by atoms with Gasteiger partial charge in [-0.3, -0.25) is 0 Å². The first-order chi connectivity index (χ1) is 9.53. The molecule has 1 heterocycles. The van der Waals surface area contributed by atoms with Crippen LogP contribution in [0.5, 0.6) is 0 Å². The van der Waals surface area contributed by atoms with Crippen molar-refractivity contribution in [3.05, 3.63) is 29.8 Å². The molecule has 1 unspecified atom stereocenters. The topological polar surface area (TPSA) is 15.3 Å². The predicted octanol–water partition coefficient (Wildman–Crippen LogP) is 4.37. The van der Waals surface area contributed by atoms with Crippen LogP contribution in [0.25, 0.3) is 0 Å². The van der Waals surface area contributed by atoms with Gasteiger partial charge in [0.2, 0.25) is 0 Å². The molecule has 0 radical (unpaired) electrons. The van der Waals surface area contributed by atoms with Crippen molar-refractivity contribution in [2.24, 2.45) is 5.41 Å². The molecular formula is C18H30N2. The molecule has 0 saturated carbocycles. The summed E-state index contributed by atoms with van der Waals surface area (Å²) in [6.07, 6.45) is 3.83. The van der Waals surface area contributed by atoms with Crippen LogP contribution in [-0.4, -0.2) is 19.6 Å². The van der Waals surface area contributed by atoms with E-state index in [0.717, 1.165) is 6.54 Å². The van der Waals surface area contributed by atoms with E-state index in [0.29, 0.717) is 11.5 Å². The summed E-state index contributed by atoms with van der Waals surface area (Å²) < 4.78 is 0. The average Bonchev–Trinajstić information content (AvgIpc) is 2.43. The molecule has 1 atom stereocenters. The summed E-state index contributed by atoms with van der Waals surface area (Å²) in [7, 11) is 0. The van der Waals surface area contributed by atoms with Crippen LogP contribution in [0.1, 0.15) is 58.6 Å². The van der Waals surface area contributed by atoms with Crippen molar-refractivity contribution in [1.29, 1.82) is 0 Å². The van der Waals surface area contributed by atoms with E-state index in [1.807, 2.05) is 0 Å². The fourth-order valence-electron chi connectivity index (χ4n) is 3.24. The molecule has 1 N–H and O–H groups in total. The molecule has 1 aromatic carbocycles. The van der Waals surface area contributed by atoms with Gasteiger partial charge in [0.05, 0.1) is 0 Å². The van der Waals surface area contributed by atoms with Crippen LogP contribution in [-0.2, 0) is 0 Å². The summed E-state index contributed by atoms with van der Waals surface area (Å²) in [5.74, 6) is 0. The smallest absolute Gasteiger partial charge is 0.0414 e. The first-order valence-corrected chi connectivity index (χ1v) is 8.11. The maximum absolute atomic E-state index is 3.62. The molecule has 0 amide bonds. The summed E-state index contributed by atoms with van der Waals surface area (Å²) in [6, 6.07) is 9.34. The lowest BCUT2D eigenvalue weighted by molar-refractivity contribution is 0.292. The second-order valence-electron chi connectivity index (χ2n) is 6.92. The lowest BCUT2D eigenvalue weighted by Gasteiger charge is -2.40. The predicted molar refractivity (Wildman–Crippen MR) is 88.4 cm³/mol. The molecule has 2 rings (SSSR count). The van der Waals surface area contributed by atoms with E-state index in [1.54, 1.807) is 0 Å². The van der Waals surface area contributed by atoms with Gasteiger partial charge in [0.25, 0.3) is 0 Å². The molecule has 0 bridgehead atoms. The maximum Gasteiger partial charge on any atom is 0.0414 e. The Balaban J connectivity index is 2.18.